The Morgan fingerprint density at radius 2 is 2.05 bits per heavy atom. The molecule has 4 nitrogen and oxygen atoms in total. The number of likely N-dealkylation sites (N-methyl/N-ethyl adjacent to an activating group) is 1. The van der Waals surface area contributed by atoms with Gasteiger partial charge in [0.05, 0.1) is 6.54 Å². The van der Waals surface area contributed by atoms with Crippen molar-refractivity contribution >= 4 is 11.6 Å². The van der Waals surface area contributed by atoms with E-state index in [0.717, 1.165) is 19.5 Å². The van der Waals surface area contributed by atoms with E-state index in [1.807, 2.05) is 7.05 Å². The van der Waals surface area contributed by atoms with E-state index in [1.54, 1.807) is 12.1 Å². The third-order valence-corrected chi connectivity index (χ3v) is 4.87. The van der Waals surface area contributed by atoms with E-state index < -0.39 is 0 Å². The lowest BCUT2D eigenvalue weighted by Gasteiger charge is -2.35. The molecule has 2 rings (SSSR count). The Labute approximate surface area is 132 Å². The molecule has 1 amide bonds. The van der Waals surface area contributed by atoms with Crippen molar-refractivity contribution in [2.24, 2.45) is 5.92 Å². The van der Waals surface area contributed by atoms with Crippen molar-refractivity contribution in [2.45, 2.75) is 25.8 Å². The monoisotopic (exact) mass is 307 g/mol. The first-order chi connectivity index (χ1) is 10.3. The molecule has 1 heterocycles. The topological polar surface area (TPSA) is 35.6 Å². The van der Waals surface area contributed by atoms with Crippen LogP contribution in [0.2, 0.25) is 0 Å². The smallest absolute Gasteiger partial charge is 0.238 e. The van der Waals surface area contributed by atoms with Gasteiger partial charge in [-0.1, -0.05) is 0 Å². The predicted molar refractivity (Wildman–Crippen MR) is 87.3 cm³/mol. The van der Waals surface area contributed by atoms with Crippen molar-refractivity contribution in [3.05, 3.63) is 30.1 Å². The number of halogens is 1. The fourth-order valence-electron chi connectivity index (χ4n) is 3.04. The maximum absolute atomic E-state index is 12.8. The Bertz CT molecular complexity index is 515. The van der Waals surface area contributed by atoms with Crippen molar-refractivity contribution in [2.75, 3.05) is 39.0 Å². The molecule has 0 saturated carbocycles. The maximum Gasteiger partial charge on any atom is 0.238 e. The fraction of sp³-hybridized carbons (Fsp3) is 0.588. The molecule has 1 aromatic rings. The second-order valence-corrected chi connectivity index (χ2v) is 6.81. The molecule has 1 fully saturated rings. The van der Waals surface area contributed by atoms with Crippen LogP contribution in [0.5, 0.6) is 0 Å². The Kier molecular flexibility index (Phi) is 5.19. The number of hydrogen-bond acceptors (Lipinski definition) is 3. The molecule has 1 aliphatic heterocycles. The molecule has 5 heteroatoms. The molecule has 0 radical (unpaired) electrons. The standard InChI is InChI=1S/C17H26FN3O/c1-17(2)13(9-10-21(17)4)11-20(3)12-16(22)19-15-7-5-14(18)6-8-15/h5-8,13H,9-12H2,1-4H3,(H,19,22). The molecule has 1 unspecified atom stereocenters. The predicted octanol–water partition coefficient (Wildman–Crippen LogP) is 2.43. The van der Waals surface area contributed by atoms with E-state index in [0.29, 0.717) is 18.2 Å². The van der Waals surface area contributed by atoms with Gasteiger partial charge in [0, 0.05) is 17.8 Å². The molecular weight excluding hydrogens is 281 g/mol. The zero-order chi connectivity index (χ0) is 16.3. The Morgan fingerprint density at radius 3 is 2.59 bits per heavy atom. The SMILES string of the molecule is CN(CC(=O)Nc1ccc(F)cc1)CC1CCN(C)C1(C)C. The van der Waals surface area contributed by atoms with Crippen LogP contribution in [0, 0.1) is 11.7 Å². The van der Waals surface area contributed by atoms with Crippen molar-refractivity contribution in [3.63, 3.8) is 0 Å². The van der Waals surface area contributed by atoms with Gasteiger partial charge >= 0.3 is 0 Å². The number of nitrogens with zero attached hydrogens (tertiary/aromatic N) is 2. The Balaban J connectivity index is 1.83. The highest BCUT2D eigenvalue weighted by molar-refractivity contribution is 5.92. The molecule has 1 atom stereocenters. The van der Waals surface area contributed by atoms with Gasteiger partial charge in [-0.3, -0.25) is 9.69 Å². The van der Waals surface area contributed by atoms with Gasteiger partial charge in [0.15, 0.2) is 0 Å². The molecule has 122 valence electrons. The van der Waals surface area contributed by atoms with Gasteiger partial charge in [0.2, 0.25) is 5.91 Å². The summed E-state index contributed by atoms with van der Waals surface area (Å²) in [6.07, 6.45) is 1.16. The van der Waals surface area contributed by atoms with E-state index in [1.165, 1.54) is 12.1 Å². The molecule has 1 N–H and O–H groups in total. The molecule has 0 bridgehead atoms. The molecule has 1 aromatic carbocycles. The van der Waals surface area contributed by atoms with Gasteiger partial charge in [0.1, 0.15) is 5.82 Å². The quantitative estimate of drug-likeness (QED) is 0.907. The zero-order valence-corrected chi connectivity index (χ0v) is 13.9. The van der Waals surface area contributed by atoms with Crippen molar-refractivity contribution in [1.29, 1.82) is 0 Å². The summed E-state index contributed by atoms with van der Waals surface area (Å²) in [6, 6.07) is 5.83. The minimum absolute atomic E-state index is 0.0711. The van der Waals surface area contributed by atoms with Crippen LogP contribution in [-0.4, -0.2) is 55.0 Å². The summed E-state index contributed by atoms with van der Waals surface area (Å²) < 4.78 is 12.8. The third kappa shape index (κ3) is 4.05. The molecule has 1 aliphatic rings. The van der Waals surface area contributed by atoms with Crippen LogP contribution in [0.15, 0.2) is 24.3 Å². The van der Waals surface area contributed by atoms with Crippen LogP contribution in [0.25, 0.3) is 0 Å². The number of benzene rings is 1. The summed E-state index contributed by atoms with van der Waals surface area (Å²) in [7, 11) is 4.12. The number of anilines is 1. The van der Waals surface area contributed by atoms with E-state index in [4.69, 9.17) is 0 Å². The summed E-state index contributed by atoms with van der Waals surface area (Å²) in [6.45, 7) is 6.86. The second-order valence-electron chi connectivity index (χ2n) is 6.81. The summed E-state index contributed by atoms with van der Waals surface area (Å²) in [5.74, 6) is 0.182. The maximum atomic E-state index is 12.8. The highest BCUT2D eigenvalue weighted by Gasteiger charge is 2.39. The number of rotatable bonds is 5. The number of hydrogen-bond donors (Lipinski definition) is 1. The van der Waals surface area contributed by atoms with Crippen LogP contribution < -0.4 is 5.32 Å². The second kappa shape index (κ2) is 6.75. The number of carbonyl (C=O) groups excluding carboxylic acids is 1. The minimum atomic E-state index is -0.303. The first-order valence-electron chi connectivity index (χ1n) is 7.74. The highest BCUT2D eigenvalue weighted by Crippen LogP contribution is 2.33. The molecule has 0 spiro atoms. The van der Waals surface area contributed by atoms with Crippen molar-refractivity contribution in [1.82, 2.24) is 9.80 Å². The van der Waals surface area contributed by atoms with Crippen LogP contribution in [0.4, 0.5) is 10.1 Å². The van der Waals surface area contributed by atoms with Crippen molar-refractivity contribution < 1.29 is 9.18 Å². The lowest BCUT2D eigenvalue weighted by molar-refractivity contribution is -0.117. The van der Waals surface area contributed by atoms with Gasteiger partial charge in [-0.15, -0.1) is 0 Å². The van der Waals surface area contributed by atoms with Gasteiger partial charge in [-0.2, -0.15) is 0 Å². The van der Waals surface area contributed by atoms with Crippen molar-refractivity contribution in [3.8, 4) is 0 Å². The third-order valence-electron chi connectivity index (χ3n) is 4.87. The zero-order valence-electron chi connectivity index (χ0n) is 13.9. The number of likely N-dealkylation sites (tertiary alicyclic amines) is 1. The van der Waals surface area contributed by atoms with Gasteiger partial charge in [0.25, 0.3) is 0 Å². The average Bonchev–Trinajstić information content (AvgIpc) is 2.68. The lowest BCUT2D eigenvalue weighted by atomic mass is 9.88. The average molecular weight is 307 g/mol. The molecule has 22 heavy (non-hydrogen) atoms. The van der Waals surface area contributed by atoms with E-state index in [2.05, 4.69) is 36.0 Å². The summed E-state index contributed by atoms with van der Waals surface area (Å²) in [5.41, 5.74) is 0.794. The van der Waals surface area contributed by atoms with E-state index in [9.17, 15) is 9.18 Å². The lowest BCUT2D eigenvalue weighted by Crippen LogP contribution is -2.44. The first kappa shape index (κ1) is 16.9. The van der Waals surface area contributed by atoms with Gasteiger partial charge in [-0.05, 0) is 71.1 Å². The largest absolute Gasteiger partial charge is 0.325 e. The first-order valence-corrected chi connectivity index (χ1v) is 7.74. The van der Waals surface area contributed by atoms with Gasteiger partial charge in [-0.25, -0.2) is 4.39 Å². The number of amides is 1. The molecule has 0 aliphatic carbocycles. The van der Waals surface area contributed by atoms with Crippen LogP contribution in [-0.2, 0) is 4.79 Å². The minimum Gasteiger partial charge on any atom is -0.325 e. The normalized spacial score (nSPS) is 21.3. The molecule has 1 saturated heterocycles. The number of nitrogens with one attached hydrogen (secondary N) is 1. The Hall–Kier alpha value is -1.46. The van der Waals surface area contributed by atoms with Crippen LogP contribution in [0.1, 0.15) is 20.3 Å². The van der Waals surface area contributed by atoms with Gasteiger partial charge < -0.3 is 10.2 Å². The van der Waals surface area contributed by atoms with E-state index >= 15 is 0 Å². The molecular formula is C17H26FN3O. The fourth-order valence-corrected chi connectivity index (χ4v) is 3.04. The summed E-state index contributed by atoms with van der Waals surface area (Å²) >= 11 is 0. The Morgan fingerprint density at radius 1 is 1.41 bits per heavy atom. The van der Waals surface area contributed by atoms with E-state index in [-0.39, 0.29) is 17.3 Å². The number of carbonyl (C=O) groups is 1. The molecule has 0 aromatic heterocycles. The summed E-state index contributed by atoms with van der Waals surface area (Å²) in [4.78, 5) is 16.5. The van der Waals surface area contributed by atoms with Crippen LogP contribution >= 0.6 is 0 Å². The highest BCUT2D eigenvalue weighted by atomic mass is 19.1. The summed E-state index contributed by atoms with van der Waals surface area (Å²) in [5, 5.41) is 2.80. The van der Waals surface area contributed by atoms with Crippen LogP contribution in [0.3, 0.4) is 0 Å².